The maximum Gasteiger partial charge on any atom is 0.236 e. The Morgan fingerprint density at radius 1 is 1.43 bits per heavy atom. The topological polar surface area (TPSA) is 101 Å². The second-order valence-corrected chi connectivity index (χ2v) is 4.81. The van der Waals surface area contributed by atoms with E-state index in [-0.39, 0.29) is 19.0 Å². The molecule has 0 aliphatic carbocycles. The van der Waals surface area contributed by atoms with Gasteiger partial charge in [-0.25, -0.2) is 13.1 Å². The zero-order chi connectivity index (χ0) is 11.2. The van der Waals surface area contributed by atoms with Gasteiger partial charge < -0.3 is 11.1 Å². The van der Waals surface area contributed by atoms with Crippen molar-refractivity contribution in [2.45, 2.75) is 19.4 Å². The summed E-state index contributed by atoms with van der Waals surface area (Å²) in [4.78, 5) is 11.1. The van der Waals surface area contributed by atoms with E-state index in [4.69, 9.17) is 5.73 Å². The van der Waals surface area contributed by atoms with Crippen LogP contribution in [0.15, 0.2) is 0 Å². The fraction of sp³-hybridized carbons (Fsp3) is 0.857. The first kappa shape index (κ1) is 13.3. The molecule has 0 rings (SSSR count). The third-order valence-corrected chi connectivity index (χ3v) is 2.29. The molecule has 0 radical (unpaired) electrons. The van der Waals surface area contributed by atoms with Crippen molar-refractivity contribution in [1.82, 2.24) is 10.0 Å². The van der Waals surface area contributed by atoms with Crippen molar-refractivity contribution < 1.29 is 13.2 Å². The summed E-state index contributed by atoms with van der Waals surface area (Å²) in [6, 6.07) is -0.520. The minimum Gasteiger partial charge on any atom is -0.353 e. The van der Waals surface area contributed by atoms with Gasteiger partial charge in [-0.05, 0) is 6.42 Å². The maximum atomic E-state index is 11.1. The van der Waals surface area contributed by atoms with Crippen LogP contribution in [0.3, 0.4) is 0 Å². The summed E-state index contributed by atoms with van der Waals surface area (Å²) in [6.45, 7) is 2.24. The molecule has 6 nitrogen and oxygen atoms in total. The molecule has 0 aromatic carbocycles. The van der Waals surface area contributed by atoms with Crippen LogP contribution in [-0.4, -0.2) is 39.7 Å². The molecule has 0 aromatic heterocycles. The van der Waals surface area contributed by atoms with Gasteiger partial charge in [0.2, 0.25) is 15.9 Å². The van der Waals surface area contributed by atoms with Gasteiger partial charge in [-0.3, -0.25) is 4.79 Å². The highest BCUT2D eigenvalue weighted by Crippen LogP contribution is 1.84. The SMILES string of the molecule is CC[C@H](N)C(=O)NCCNS(C)(=O)=O. The molecular formula is C7H17N3O3S. The molecule has 7 heteroatoms. The number of carbonyl (C=O) groups excluding carboxylic acids is 1. The molecule has 0 heterocycles. The Labute approximate surface area is 84.3 Å². The quantitative estimate of drug-likeness (QED) is 0.471. The van der Waals surface area contributed by atoms with Gasteiger partial charge in [0.1, 0.15) is 0 Å². The van der Waals surface area contributed by atoms with Crippen molar-refractivity contribution >= 4 is 15.9 Å². The van der Waals surface area contributed by atoms with Gasteiger partial charge in [0.25, 0.3) is 0 Å². The molecule has 0 aromatic rings. The lowest BCUT2D eigenvalue weighted by atomic mass is 10.2. The van der Waals surface area contributed by atoms with E-state index in [1.54, 1.807) is 6.92 Å². The van der Waals surface area contributed by atoms with Gasteiger partial charge in [0, 0.05) is 13.1 Å². The molecule has 1 atom stereocenters. The second-order valence-electron chi connectivity index (χ2n) is 2.97. The average molecular weight is 223 g/mol. The molecule has 0 bridgehead atoms. The molecule has 1 amide bonds. The van der Waals surface area contributed by atoms with Crippen LogP contribution < -0.4 is 15.8 Å². The van der Waals surface area contributed by atoms with Gasteiger partial charge in [-0.1, -0.05) is 6.92 Å². The van der Waals surface area contributed by atoms with E-state index >= 15 is 0 Å². The van der Waals surface area contributed by atoms with Gasteiger partial charge in [0.15, 0.2) is 0 Å². The number of hydrogen-bond donors (Lipinski definition) is 3. The number of nitrogens with one attached hydrogen (secondary N) is 2. The van der Waals surface area contributed by atoms with Gasteiger partial charge >= 0.3 is 0 Å². The minimum absolute atomic E-state index is 0.182. The zero-order valence-corrected chi connectivity index (χ0v) is 9.23. The summed E-state index contributed by atoms with van der Waals surface area (Å²) in [5, 5.41) is 2.52. The monoisotopic (exact) mass is 223 g/mol. The fourth-order valence-electron chi connectivity index (χ4n) is 0.739. The molecule has 4 N–H and O–H groups in total. The average Bonchev–Trinajstić information content (AvgIpc) is 2.09. The summed E-state index contributed by atoms with van der Waals surface area (Å²) < 4.78 is 23.5. The van der Waals surface area contributed by atoms with E-state index in [0.29, 0.717) is 6.42 Å². The molecule has 0 aliphatic rings. The van der Waals surface area contributed by atoms with Crippen molar-refractivity contribution in [3.05, 3.63) is 0 Å². The van der Waals surface area contributed by atoms with Crippen LogP contribution in [0.5, 0.6) is 0 Å². The summed E-state index contributed by atoms with van der Waals surface area (Å²) in [6.07, 6.45) is 1.62. The summed E-state index contributed by atoms with van der Waals surface area (Å²) in [7, 11) is -3.18. The standard InChI is InChI=1S/C7H17N3O3S/c1-3-6(8)7(11)9-4-5-10-14(2,12)13/h6,10H,3-5,8H2,1-2H3,(H,9,11)/t6-/m0/s1. The molecular weight excluding hydrogens is 206 g/mol. The highest BCUT2D eigenvalue weighted by Gasteiger charge is 2.09. The minimum atomic E-state index is -3.18. The van der Waals surface area contributed by atoms with E-state index in [1.165, 1.54) is 0 Å². The van der Waals surface area contributed by atoms with E-state index in [0.717, 1.165) is 6.26 Å². The van der Waals surface area contributed by atoms with Crippen molar-refractivity contribution in [1.29, 1.82) is 0 Å². The maximum absolute atomic E-state index is 11.1. The summed E-state index contributed by atoms with van der Waals surface area (Å²) in [5.41, 5.74) is 5.43. The first-order valence-electron chi connectivity index (χ1n) is 4.34. The van der Waals surface area contributed by atoms with Crippen LogP contribution in [0.25, 0.3) is 0 Å². The van der Waals surface area contributed by atoms with Gasteiger partial charge in [0.05, 0.1) is 12.3 Å². The summed E-state index contributed by atoms with van der Waals surface area (Å²) >= 11 is 0. The number of hydrogen-bond acceptors (Lipinski definition) is 4. The zero-order valence-electron chi connectivity index (χ0n) is 8.41. The Bertz CT molecular complexity index is 276. The number of rotatable bonds is 6. The third-order valence-electron chi connectivity index (χ3n) is 1.57. The van der Waals surface area contributed by atoms with Crippen molar-refractivity contribution in [3.63, 3.8) is 0 Å². The van der Waals surface area contributed by atoms with Crippen LogP contribution in [0, 0.1) is 0 Å². The lowest BCUT2D eigenvalue weighted by molar-refractivity contribution is -0.122. The number of sulfonamides is 1. The first-order chi connectivity index (χ1) is 6.37. The van der Waals surface area contributed by atoms with Crippen LogP contribution in [-0.2, 0) is 14.8 Å². The van der Waals surface area contributed by atoms with E-state index in [1.807, 2.05) is 0 Å². The van der Waals surface area contributed by atoms with Gasteiger partial charge in [-0.15, -0.1) is 0 Å². The third kappa shape index (κ3) is 6.81. The smallest absolute Gasteiger partial charge is 0.236 e. The molecule has 14 heavy (non-hydrogen) atoms. The van der Waals surface area contributed by atoms with Crippen LogP contribution in [0.1, 0.15) is 13.3 Å². The summed E-state index contributed by atoms with van der Waals surface area (Å²) in [5.74, 6) is -0.261. The molecule has 0 saturated carbocycles. The van der Waals surface area contributed by atoms with E-state index in [9.17, 15) is 13.2 Å². The molecule has 84 valence electrons. The predicted octanol–water partition coefficient (Wildman–Crippen LogP) is -1.61. The second kappa shape index (κ2) is 5.94. The number of carbonyl (C=O) groups is 1. The molecule has 0 spiro atoms. The van der Waals surface area contributed by atoms with Crippen LogP contribution in [0.2, 0.25) is 0 Å². The molecule has 0 saturated heterocycles. The normalized spacial score (nSPS) is 13.6. The Hall–Kier alpha value is -0.660. The Morgan fingerprint density at radius 3 is 2.43 bits per heavy atom. The molecule has 0 fully saturated rings. The lowest BCUT2D eigenvalue weighted by Crippen LogP contribution is -2.43. The van der Waals surface area contributed by atoms with Gasteiger partial charge in [-0.2, -0.15) is 0 Å². The van der Waals surface area contributed by atoms with E-state index in [2.05, 4.69) is 10.0 Å². The van der Waals surface area contributed by atoms with Crippen molar-refractivity contribution in [2.24, 2.45) is 5.73 Å². The Morgan fingerprint density at radius 2 is 2.00 bits per heavy atom. The number of nitrogens with two attached hydrogens (primary N) is 1. The largest absolute Gasteiger partial charge is 0.353 e. The Balaban J connectivity index is 3.61. The lowest BCUT2D eigenvalue weighted by Gasteiger charge is -2.09. The number of amides is 1. The first-order valence-corrected chi connectivity index (χ1v) is 6.24. The Kier molecular flexibility index (Phi) is 5.66. The van der Waals surface area contributed by atoms with Crippen molar-refractivity contribution in [2.75, 3.05) is 19.3 Å². The predicted molar refractivity (Wildman–Crippen MR) is 54.1 cm³/mol. The van der Waals surface area contributed by atoms with Crippen molar-refractivity contribution in [3.8, 4) is 0 Å². The van der Waals surface area contributed by atoms with Crippen LogP contribution in [0.4, 0.5) is 0 Å². The van der Waals surface area contributed by atoms with E-state index < -0.39 is 16.1 Å². The highest BCUT2D eigenvalue weighted by molar-refractivity contribution is 7.88. The molecule has 0 aliphatic heterocycles. The highest BCUT2D eigenvalue weighted by atomic mass is 32.2. The van der Waals surface area contributed by atoms with Crippen LogP contribution >= 0.6 is 0 Å². The molecule has 0 unspecified atom stereocenters. The fourth-order valence-corrected chi connectivity index (χ4v) is 1.21.